The number of nitrogens with zero attached hydrogens (tertiary/aromatic N) is 4. The van der Waals surface area contributed by atoms with Crippen LogP contribution in [0.4, 0.5) is 4.79 Å². The van der Waals surface area contributed by atoms with Gasteiger partial charge in [0.25, 0.3) is 0 Å². The zero-order valence-electron chi connectivity index (χ0n) is 16.3. The van der Waals surface area contributed by atoms with E-state index in [9.17, 15) is 4.79 Å². The first-order valence-corrected chi connectivity index (χ1v) is 8.69. The lowest BCUT2D eigenvalue weighted by molar-refractivity contribution is 0.0283. The third kappa shape index (κ3) is 4.75. The average molecular weight is 368 g/mol. The number of benzene rings is 1. The van der Waals surface area contributed by atoms with E-state index in [1.807, 2.05) is 58.3 Å². The molecular formula is C20H24N4O3. The van der Waals surface area contributed by atoms with E-state index in [1.54, 1.807) is 13.1 Å². The largest absolute Gasteiger partial charge is 0.444 e. The summed E-state index contributed by atoms with van der Waals surface area (Å²) in [6.07, 6.45) is 3.02. The van der Waals surface area contributed by atoms with Gasteiger partial charge in [-0.3, -0.25) is 0 Å². The van der Waals surface area contributed by atoms with Crippen molar-refractivity contribution in [2.75, 3.05) is 7.05 Å². The van der Waals surface area contributed by atoms with Crippen LogP contribution in [0.15, 0.2) is 42.9 Å². The number of aromatic nitrogens is 3. The fraction of sp³-hybridized carbons (Fsp3) is 0.350. The molecule has 0 aliphatic heterocycles. The first-order chi connectivity index (χ1) is 12.7. The van der Waals surface area contributed by atoms with E-state index >= 15 is 0 Å². The molecule has 2 aromatic heterocycles. The number of ether oxygens (including phenoxy) is 2. The molecule has 27 heavy (non-hydrogen) atoms. The minimum absolute atomic E-state index is 0.297. The van der Waals surface area contributed by atoms with Gasteiger partial charge in [0.2, 0.25) is 5.88 Å². The van der Waals surface area contributed by atoms with Crippen molar-refractivity contribution in [1.82, 2.24) is 19.4 Å². The predicted octanol–water partition coefficient (Wildman–Crippen LogP) is 4.13. The summed E-state index contributed by atoms with van der Waals surface area (Å²) in [6.45, 7) is 5.79. The van der Waals surface area contributed by atoms with E-state index < -0.39 is 11.7 Å². The highest BCUT2D eigenvalue weighted by Crippen LogP contribution is 2.25. The molecule has 0 radical (unpaired) electrons. The van der Waals surface area contributed by atoms with Gasteiger partial charge in [0.1, 0.15) is 17.7 Å². The molecule has 0 bridgehead atoms. The molecule has 3 aromatic rings. The van der Waals surface area contributed by atoms with Crippen LogP contribution < -0.4 is 4.74 Å². The Morgan fingerprint density at radius 3 is 2.70 bits per heavy atom. The molecule has 142 valence electrons. The summed E-state index contributed by atoms with van der Waals surface area (Å²) in [6, 6.07) is 9.61. The molecule has 7 heteroatoms. The minimum atomic E-state index is -0.540. The Bertz CT molecular complexity index is 959. The van der Waals surface area contributed by atoms with Crippen LogP contribution in [0.25, 0.3) is 10.9 Å². The van der Waals surface area contributed by atoms with Crippen molar-refractivity contribution >= 4 is 17.0 Å². The van der Waals surface area contributed by atoms with Crippen LogP contribution in [0.2, 0.25) is 0 Å². The highest BCUT2D eigenvalue weighted by Gasteiger charge is 2.20. The molecule has 0 fully saturated rings. The number of carbonyl (C=O) groups excluding carboxylic acids is 1. The Hall–Kier alpha value is -3.09. The van der Waals surface area contributed by atoms with Crippen molar-refractivity contribution in [3.05, 3.63) is 48.5 Å². The van der Waals surface area contributed by atoms with E-state index in [1.165, 1.54) is 11.2 Å². The average Bonchev–Trinajstić information content (AvgIpc) is 2.94. The second-order valence-corrected chi connectivity index (χ2v) is 7.43. The van der Waals surface area contributed by atoms with E-state index in [0.717, 1.165) is 10.9 Å². The number of rotatable bonds is 4. The van der Waals surface area contributed by atoms with E-state index in [0.29, 0.717) is 23.9 Å². The maximum absolute atomic E-state index is 12.1. The Balaban J connectivity index is 1.70. The molecule has 2 heterocycles. The summed E-state index contributed by atoms with van der Waals surface area (Å²) in [5.74, 6) is 1.12. The van der Waals surface area contributed by atoms with E-state index in [4.69, 9.17) is 9.47 Å². The second-order valence-electron chi connectivity index (χ2n) is 7.43. The Morgan fingerprint density at radius 2 is 1.96 bits per heavy atom. The van der Waals surface area contributed by atoms with Gasteiger partial charge in [0.05, 0.1) is 12.2 Å². The lowest BCUT2D eigenvalue weighted by Gasteiger charge is -2.24. The maximum Gasteiger partial charge on any atom is 0.410 e. The van der Waals surface area contributed by atoms with Crippen molar-refractivity contribution in [1.29, 1.82) is 0 Å². The standard InChI is InChI=1S/C20H24N4O3/c1-20(2,3)27-19(25)24(5)12-15-11-18(22-13-21-15)26-16-6-7-17-14(10-16)8-9-23(17)4/h6-11,13H,12H2,1-5H3. The molecule has 0 unspecified atom stereocenters. The summed E-state index contributed by atoms with van der Waals surface area (Å²) >= 11 is 0. The fourth-order valence-electron chi connectivity index (χ4n) is 2.61. The minimum Gasteiger partial charge on any atom is -0.444 e. The number of aryl methyl sites for hydroxylation is 1. The van der Waals surface area contributed by atoms with Gasteiger partial charge in [-0.1, -0.05) is 0 Å². The molecule has 3 rings (SSSR count). The summed E-state index contributed by atoms with van der Waals surface area (Å²) in [5.41, 5.74) is 1.25. The third-order valence-corrected chi connectivity index (χ3v) is 3.88. The molecule has 0 aliphatic rings. The van der Waals surface area contributed by atoms with Gasteiger partial charge in [-0.2, -0.15) is 0 Å². The first kappa shape index (κ1) is 18.7. The summed E-state index contributed by atoms with van der Waals surface area (Å²) in [7, 11) is 3.67. The monoisotopic (exact) mass is 368 g/mol. The smallest absolute Gasteiger partial charge is 0.410 e. The Morgan fingerprint density at radius 1 is 1.19 bits per heavy atom. The molecule has 0 aliphatic carbocycles. The number of carbonyl (C=O) groups is 1. The third-order valence-electron chi connectivity index (χ3n) is 3.88. The zero-order valence-corrected chi connectivity index (χ0v) is 16.3. The van der Waals surface area contributed by atoms with Gasteiger partial charge in [0, 0.05) is 37.3 Å². The van der Waals surface area contributed by atoms with Crippen molar-refractivity contribution in [3.63, 3.8) is 0 Å². The molecule has 7 nitrogen and oxygen atoms in total. The van der Waals surface area contributed by atoms with Gasteiger partial charge in [-0.05, 0) is 45.0 Å². The van der Waals surface area contributed by atoms with Crippen molar-refractivity contribution < 1.29 is 14.3 Å². The normalized spacial score (nSPS) is 11.4. The first-order valence-electron chi connectivity index (χ1n) is 8.69. The second kappa shape index (κ2) is 7.26. The number of fused-ring (bicyclic) bond motifs is 1. The molecule has 0 atom stereocenters. The highest BCUT2D eigenvalue weighted by molar-refractivity contribution is 5.81. The van der Waals surface area contributed by atoms with E-state index in [2.05, 4.69) is 14.5 Å². The van der Waals surface area contributed by atoms with Gasteiger partial charge in [-0.25, -0.2) is 14.8 Å². The molecule has 1 aromatic carbocycles. The van der Waals surface area contributed by atoms with Crippen LogP contribution in [-0.4, -0.2) is 38.2 Å². The van der Waals surface area contributed by atoms with Gasteiger partial charge in [0.15, 0.2) is 0 Å². The van der Waals surface area contributed by atoms with Crippen LogP contribution in [-0.2, 0) is 18.3 Å². The Kier molecular flexibility index (Phi) is 5.03. The van der Waals surface area contributed by atoms with Crippen LogP contribution in [0, 0.1) is 0 Å². The van der Waals surface area contributed by atoms with Crippen LogP contribution in [0.3, 0.4) is 0 Å². The summed E-state index contributed by atoms with van der Waals surface area (Å²) < 4.78 is 13.3. The topological polar surface area (TPSA) is 69.5 Å². The summed E-state index contributed by atoms with van der Waals surface area (Å²) in [5, 5.41) is 1.09. The number of hydrogen-bond donors (Lipinski definition) is 0. The fourth-order valence-corrected chi connectivity index (χ4v) is 2.61. The predicted molar refractivity (Wildman–Crippen MR) is 103 cm³/mol. The van der Waals surface area contributed by atoms with E-state index in [-0.39, 0.29) is 0 Å². The van der Waals surface area contributed by atoms with Crippen LogP contribution in [0.1, 0.15) is 26.5 Å². The van der Waals surface area contributed by atoms with Gasteiger partial charge < -0.3 is 18.9 Å². The molecule has 0 N–H and O–H groups in total. The van der Waals surface area contributed by atoms with Gasteiger partial charge >= 0.3 is 6.09 Å². The van der Waals surface area contributed by atoms with Gasteiger partial charge in [-0.15, -0.1) is 0 Å². The molecular weight excluding hydrogens is 344 g/mol. The highest BCUT2D eigenvalue weighted by atomic mass is 16.6. The molecule has 1 amide bonds. The quantitative estimate of drug-likeness (QED) is 0.693. The Labute approximate surface area is 158 Å². The van der Waals surface area contributed by atoms with Crippen LogP contribution >= 0.6 is 0 Å². The molecule has 0 saturated carbocycles. The lowest BCUT2D eigenvalue weighted by Crippen LogP contribution is -2.34. The van der Waals surface area contributed by atoms with Crippen LogP contribution in [0.5, 0.6) is 11.6 Å². The SMILES string of the molecule is CN(Cc1cc(Oc2ccc3c(ccn3C)c2)ncn1)C(=O)OC(C)(C)C. The zero-order chi connectivity index (χ0) is 19.6. The number of hydrogen-bond acceptors (Lipinski definition) is 5. The van der Waals surface area contributed by atoms with Crippen molar-refractivity contribution in [3.8, 4) is 11.6 Å². The molecule has 0 saturated heterocycles. The molecule has 0 spiro atoms. The lowest BCUT2D eigenvalue weighted by atomic mass is 10.2. The van der Waals surface area contributed by atoms with Crippen molar-refractivity contribution in [2.24, 2.45) is 7.05 Å². The van der Waals surface area contributed by atoms with Crippen molar-refractivity contribution in [2.45, 2.75) is 32.9 Å². The maximum atomic E-state index is 12.1. The number of amides is 1. The summed E-state index contributed by atoms with van der Waals surface area (Å²) in [4.78, 5) is 21.9.